The molecular formula is C17H19BrO2. The van der Waals surface area contributed by atoms with Crippen LogP contribution in [-0.4, -0.2) is 14.2 Å². The first-order chi connectivity index (χ1) is 9.55. The third-order valence-corrected chi connectivity index (χ3v) is 4.55. The maximum Gasteiger partial charge on any atom is 0.122 e. The largest absolute Gasteiger partial charge is 0.497 e. The summed E-state index contributed by atoms with van der Waals surface area (Å²) in [4.78, 5) is 0.116. The Morgan fingerprint density at radius 2 is 1.40 bits per heavy atom. The highest BCUT2D eigenvalue weighted by Crippen LogP contribution is 2.35. The fourth-order valence-electron chi connectivity index (χ4n) is 2.09. The third kappa shape index (κ3) is 3.15. The topological polar surface area (TPSA) is 18.5 Å². The number of hydrogen-bond acceptors (Lipinski definition) is 2. The summed E-state index contributed by atoms with van der Waals surface area (Å²) in [5.74, 6) is 1.60. The minimum atomic E-state index is 0.116. The summed E-state index contributed by atoms with van der Waals surface area (Å²) in [6.45, 7) is 4.25. The molecule has 2 aromatic rings. The zero-order valence-electron chi connectivity index (χ0n) is 12.2. The van der Waals surface area contributed by atoms with Crippen molar-refractivity contribution in [1.29, 1.82) is 0 Å². The van der Waals surface area contributed by atoms with Crippen LogP contribution in [0.3, 0.4) is 0 Å². The van der Waals surface area contributed by atoms with Crippen LogP contribution in [0.25, 0.3) is 0 Å². The van der Waals surface area contributed by atoms with E-state index in [2.05, 4.69) is 48.0 Å². The van der Waals surface area contributed by atoms with E-state index in [1.807, 2.05) is 18.2 Å². The molecule has 0 amide bonds. The average Bonchev–Trinajstić information content (AvgIpc) is 2.48. The van der Waals surface area contributed by atoms with Crippen molar-refractivity contribution in [2.75, 3.05) is 14.2 Å². The smallest absolute Gasteiger partial charge is 0.122 e. The van der Waals surface area contributed by atoms with E-state index in [-0.39, 0.29) is 4.83 Å². The number of halogens is 1. The van der Waals surface area contributed by atoms with Crippen molar-refractivity contribution in [2.45, 2.75) is 18.7 Å². The van der Waals surface area contributed by atoms with Gasteiger partial charge < -0.3 is 9.47 Å². The molecule has 2 rings (SSSR count). The quantitative estimate of drug-likeness (QED) is 0.747. The molecular weight excluding hydrogens is 316 g/mol. The number of alkyl halides is 1. The monoisotopic (exact) mass is 334 g/mol. The van der Waals surface area contributed by atoms with Gasteiger partial charge in [0.15, 0.2) is 0 Å². The summed E-state index contributed by atoms with van der Waals surface area (Å²) in [5.41, 5.74) is 4.94. The molecule has 0 aliphatic heterocycles. The second-order valence-electron chi connectivity index (χ2n) is 4.85. The van der Waals surface area contributed by atoms with Crippen LogP contribution in [0.5, 0.6) is 11.5 Å². The Kier molecular flexibility index (Phi) is 4.71. The lowest BCUT2D eigenvalue weighted by molar-refractivity contribution is 0.393. The molecule has 0 aromatic heterocycles. The fourth-order valence-corrected chi connectivity index (χ4v) is 2.64. The van der Waals surface area contributed by atoms with Crippen LogP contribution in [0.15, 0.2) is 36.4 Å². The first kappa shape index (κ1) is 14.9. The minimum Gasteiger partial charge on any atom is -0.497 e. The highest BCUT2D eigenvalue weighted by Gasteiger charge is 2.13. The average molecular weight is 335 g/mol. The zero-order chi connectivity index (χ0) is 14.7. The van der Waals surface area contributed by atoms with E-state index in [9.17, 15) is 0 Å². The van der Waals surface area contributed by atoms with Gasteiger partial charge in [-0.15, -0.1) is 0 Å². The lowest BCUT2D eigenvalue weighted by Gasteiger charge is -2.15. The Labute approximate surface area is 128 Å². The maximum absolute atomic E-state index is 5.33. The molecule has 1 unspecified atom stereocenters. The van der Waals surface area contributed by atoms with Crippen LogP contribution in [0, 0.1) is 13.8 Å². The van der Waals surface area contributed by atoms with E-state index in [1.165, 1.54) is 16.7 Å². The molecule has 3 heteroatoms. The number of aryl methyl sites for hydroxylation is 2. The van der Waals surface area contributed by atoms with Gasteiger partial charge in [0.1, 0.15) is 11.5 Å². The lowest BCUT2D eigenvalue weighted by Crippen LogP contribution is -1.97. The number of rotatable bonds is 4. The van der Waals surface area contributed by atoms with Crippen molar-refractivity contribution in [1.82, 2.24) is 0 Å². The minimum absolute atomic E-state index is 0.116. The summed E-state index contributed by atoms with van der Waals surface area (Å²) >= 11 is 3.77. The maximum atomic E-state index is 5.33. The van der Waals surface area contributed by atoms with Crippen LogP contribution >= 0.6 is 15.9 Å². The Hall–Kier alpha value is -1.48. The van der Waals surface area contributed by atoms with Crippen LogP contribution in [0.4, 0.5) is 0 Å². The Morgan fingerprint density at radius 1 is 0.800 bits per heavy atom. The first-order valence-corrected chi connectivity index (χ1v) is 7.41. The normalized spacial score (nSPS) is 12.1. The van der Waals surface area contributed by atoms with Crippen molar-refractivity contribution in [3.8, 4) is 11.5 Å². The van der Waals surface area contributed by atoms with Crippen molar-refractivity contribution in [3.63, 3.8) is 0 Å². The number of benzene rings is 2. The van der Waals surface area contributed by atoms with Gasteiger partial charge in [0.2, 0.25) is 0 Å². The summed E-state index contributed by atoms with van der Waals surface area (Å²) in [5, 5.41) is 0. The molecule has 0 N–H and O–H groups in total. The molecule has 2 aromatic carbocycles. The van der Waals surface area contributed by atoms with Crippen molar-refractivity contribution < 1.29 is 9.47 Å². The van der Waals surface area contributed by atoms with Crippen LogP contribution < -0.4 is 9.47 Å². The van der Waals surface area contributed by atoms with Crippen LogP contribution in [0.2, 0.25) is 0 Å². The van der Waals surface area contributed by atoms with E-state index in [0.29, 0.717) is 0 Å². The van der Waals surface area contributed by atoms with E-state index >= 15 is 0 Å². The zero-order valence-corrected chi connectivity index (χ0v) is 13.8. The molecule has 1 atom stereocenters. The summed E-state index contributed by atoms with van der Waals surface area (Å²) in [6, 6.07) is 12.4. The van der Waals surface area contributed by atoms with E-state index in [0.717, 1.165) is 17.1 Å². The van der Waals surface area contributed by atoms with E-state index in [4.69, 9.17) is 9.47 Å². The first-order valence-electron chi connectivity index (χ1n) is 6.49. The van der Waals surface area contributed by atoms with Crippen LogP contribution in [-0.2, 0) is 0 Å². The number of hydrogen-bond donors (Lipinski definition) is 0. The van der Waals surface area contributed by atoms with E-state index in [1.54, 1.807) is 14.2 Å². The summed E-state index contributed by atoms with van der Waals surface area (Å²) in [6.07, 6.45) is 0. The van der Waals surface area contributed by atoms with Gasteiger partial charge in [0, 0.05) is 6.07 Å². The molecule has 106 valence electrons. The van der Waals surface area contributed by atoms with Gasteiger partial charge in [-0.2, -0.15) is 0 Å². The summed E-state index contributed by atoms with van der Waals surface area (Å²) < 4.78 is 10.7. The standard InChI is InChI=1S/C17H19BrO2/c1-11-5-6-13(7-12(11)2)17(18)14-8-15(19-3)10-16(9-14)20-4/h5-10,17H,1-4H3. The predicted octanol–water partition coefficient (Wildman–Crippen LogP) is 4.80. The fraction of sp³-hybridized carbons (Fsp3) is 0.294. The highest BCUT2D eigenvalue weighted by molar-refractivity contribution is 9.09. The Morgan fingerprint density at radius 3 is 1.90 bits per heavy atom. The molecule has 0 saturated carbocycles. The molecule has 0 aliphatic rings. The lowest BCUT2D eigenvalue weighted by atomic mass is 10.00. The van der Waals surface area contributed by atoms with Gasteiger partial charge in [-0.3, -0.25) is 0 Å². The van der Waals surface area contributed by atoms with Gasteiger partial charge >= 0.3 is 0 Å². The SMILES string of the molecule is COc1cc(OC)cc(C(Br)c2ccc(C)c(C)c2)c1. The second kappa shape index (κ2) is 6.31. The van der Waals surface area contributed by atoms with E-state index < -0.39 is 0 Å². The molecule has 0 radical (unpaired) electrons. The van der Waals surface area contributed by atoms with Gasteiger partial charge in [0.05, 0.1) is 19.0 Å². The van der Waals surface area contributed by atoms with Crippen LogP contribution in [0.1, 0.15) is 27.1 Å². The molecule has 0 saturated heterocycles. The predicted molar refractivity (Wildman–Crippen MR) is 86.2 cm³/mol. The van der Waals surface area contributed by atoms with Crippen molar-refractivity contribution in [3.05, 3.63) is 58.7 Å². The molecule has 0 fully saturated rings. The van der Waals surface area contributed by atoms with Crippen molar-refractivity contribution >= 4 is 15.9 Å². The molecule has 0 aliphatic carbocycles. The highest BCUT2D eigenvalue weighted by atomic mass is 79.9. The molecule has 0 spiro atoms. The second-order valence-corrected chi connectivity index (χ2v) is 5.77. The number of methoxy groups -OCH3 is 2. The molecule has 20 heavy (non-hydrogen) atoms. The van der Waals surface area contributed by atoms with Gasteiger partial charge in [0.25, 0.3) is 0 Å². The Balaban J connectivity index is 2.41. The third-order valence-electron chi connectivity index (χ3n) is 3.49. The van der Waals surface area contributed by atoms with Gasteiger partial charge in [-0.25, -0.2) is 0 Å². The van der Waals surface area contributed by atoms with Gasteiger partial charge in [-0.1, -0.05) is 34.1 Å². The molecule has 2 nitrogen and oxygen atoms in total. The van der Waals surface area contributed by atoms with Crippen molar-refractivity contribution in [2.24, 2.45) is 0 Å². The molecule has 0 bridgehead atoms. The van der Waals surface area contributed by atoms with Gasteiger partial charge in [-0.05, 0) is 48.2 Å². The molecule has 0 heterocycles. The summed E-state index contributed by atoms with van der Waals surface area (Å²) in [7, 11) is 3.33. The number of ether oxygens (including phenoxy) is 2. The Bertz CT molecular complexity index is 586.